The van der Waals surface area contributed by atoms with Crippen LogP contribution in [0.4, 0.5) is 11.4 Å². The Morgan fingerprint density at radius 3 is 2.26 bits per heavy atom. The maximum atomic E-state index is 13.6. The van der Waals surface area contributed by atoms with Crippen molar-refractivity contribution in [2.75, 3.05) is 16.8 Å². The molecule has 0 spiro atoms. The van der Waals surface area contributed by atoms with E-state index in [1.165, 1.54) is 5.56 Å². The fourth-order valence-corrected chi connectivity index (χ4v) is 5.32. The van der Waals surface area contributed by atoms with Crippen LogP contribution in [0.25, 0.3) is 0 Å². The van der Waals surface area contributed by atoms with E-state index in [9.17, 15) is 9.59 Å². The number of hydrogen-bond acceptors (Lipinski definition) is 3. The second-order valence-electron chi connectivity index (χ2n) is 8.67. The summed E-state index contributed by atoms with van der Waals surface area (Å²) in [5.41, 5.74) is 7.04. The Morgan fingerprint density at radius 2 is 1.56 bits per heavy atom. The molecule has 4 nitrogen and oxygen atoms in total. The Labute approximate surface area is 204 Å². The van der Waals surface area contributed by atoms with E-state index < -0.39 is 0 Å². The van der Waals surface area contributed by atoms with Crippen LogP contribution in [0.2, 0.25) is 0 Å². The van der Waals surface area contributed by atoms with Gasteiger partial charge in [0.25, 0.3) is 5.91 Å². The summed E-state index contributed by atoms with van der Waals surface area (Å²) in [6.45, 7) is 2.56. The first kappa shape index (κ1) is 22.1. The standard InChI is InChI=1S/C29H26N2O2S/c1-20-15-16-34-27(20)18-28(32)30(2)25-13-11-21(12-14-25)29(33)31-19-24-9-4-3-7-22(24)17-23-8-5-6-10-26(23)31/h3-16H,17-19H2,1-2H3. The van der Waals surface area contributed by atoms with Crippen LogP contribution in [0.1, 0.15) is 37.5 Å². The molecule has 5 rings (SSSR count). The molecule has 0 radical (unpaired) electrons. The minimum Gasteiger partial charge on any atom is -0.315 e. The third-order valence-electron chi connectivity index (χ3n) is 6.51. The fraction of sp³-hybridized carbons (Fsp3) is 0.172. The van der Waals surface area contributed by atoms with E-state index in [0.29, 0.717) is 18.5 Å². The molecule has 1 aliphatic rings. The number of carbonyl (C=O) groups excluding carboxylic acids is 2. The maximum absolute atomic E-state index is 13.6. The van der Waals surface area contributed by atoms with Gasteiger partial charge >= 0.3 is 0 Å². The molecular weight excluding hydrogens is 440 g/mol. The summed E-state index contributed by atoms with van der Waals surface area (Å²) in [7, 11) is 1.78. The van der Waals surface area contributed by atoms with Crippen molar-refractivity contribution in [3.05, 3.63) is 117 Å². The van der Waals surface area contributed by atoms with Crippen LogP contribution in [0.5, 0.6) is 0 Å². The number of likely N-dealkylation sites (N-methyl/N-ethyl adjacent to an activating group) is 1. The van der Waals surface area contributed by atoms with E-state index in [1.807, 2.05) is 71.8 Å². The Morgan fingerprint density at radius 1 is 0.882 bits per heavy atom. The highest BCUT2D eigenvalue weighted by Crippen LogP contribution is 2.32. The number of benzene rings is 3. The summed E-state index contributed by atoms with van der Waals surface area (Å²) in [4.78, 5) is 31.0. The van der Waals surface area contributed by atoms with Crippen LogP contribution < -0.4 is 9.80 Å². The normalized spacial score (nSPS) is 12.5. The van der Waals surface area contributed by atoms with Gasteiger partial charge in [0, 0.05) is 28.9 Å². The van der Waals surface area contributed by atoms with Crippen molar-refractivity contribution in [1.29, 1.82) is 0 Å². The first-order chi connectivity index (χ1) is 16.5. The van der Waals surface area contributed by atoms with Gasteiger partial charge in [0.15, 0.2) is 0 Å². The second-order valence-corrected chi connectivity index (χ2v) is 9.67. The molecule has 2 amide bonds. The Bertz CT molecular complexity index is 1360. The molecule has 0 saturated carbocycles. The highest BCUT2D eigenvalue weighted by molar-refractivity contribution is 7.10. The summed E-state index contributed by atoms with van der Waals surface area (Å²) in [6.07, 6.45) is 1.19. The van der Waals surface area contributed by atoms with E-state index in [-0.39, 0.29) is 11.8 Å². The van der Waals surface area contributed by atoms with Crippen molar-refractivity contribution >= 4 is 34.5 Å². The smallest absolute Gasteiger partial charge is 0.258 e. The Kier molecular flexibility index (Phi) is 6.03. The lowest BCUT2D eigenvalue weighted by molar-refractivity contribution is -0.117. The van der Waals surface area contributed by atoms with E-state index in [2.05, 4.69) is 24.3 Å². The van der Waals surface area contributed by atoms with Gasteiger partial charge in [-0.1, -0.05) is 42.5 Å². The number of rotatable bonds is 4. The lowest BCUT2D eigenvalue weighted by Gasteiger charge is -2.24. The monoisotopic (exact) mass is 466 g/mol. The first-order valence-corrected chi connectivity index (χ1v) is 12.3. The predicted octanol–water partition coefficient (Wildman–Crippen LogP) is 6.01. The summed E-state index contributed by atoms with van der Waals surface area (Å²) < 4.78 is 0. The SMILES string of the molecule is Cc1ccsc1CC(=O)N(C)c1ccc(C(=O)N2Cc3ccccc3Cc3ccccc32)cc1. The zero-order valence-corrected chi connectivity index (χ0v) is 20.1. The number of aryl methyl sites for hydroxylation is 1. The van der Waals surface area contributed by atoms with Crippen LogP contribution in [0.3, 0.4) is 0 Å². The van der Waals surface area contributed by atoms with Crippen molar-refractivity contribution in [1.82, 2.24) is 0 Å². The molecule has 0 unspecified atom stereocenters. The van der Waals surface area contributed by atoms with Gasteiger partial charge in [-0.15, -0.1) is 11.3 Å². The number of fused-ring (bicyclic) bond motifs is 2. The van der Waals surface area contributed by atoms with E-state index in [4.69, 9.17) is 0 Å². The average Bonchev–Trinajstić information content (AvgIpc) is 3.18. The van der Waals surface area contributed by atoms with Gasteiger partial charge in [-0.2, -0.15) is 0 Å². The lowest BCUT2D eigenvalue weighted by atomic mass is 10.0. The fourth-order valence-electron chi connectivity index (χ4n) is 4.42. The number of nitrogens with zero attached hydrogens (tertiary/aromatic N) is 2. The van der Waals surface area contributed by atoms with Crippen molar-refractivity contribution in [3.8, 4) is 0 Å². The molecule has 0 fully saturated rings. The first-order valence-electron chi connectivity index (χ1n) is 11.4. The number of para-hydroxylation sites is 1. The highest BCUT2D eigenvalue weighted by Gasteiger charge is 2.25. The summed E-state index contributed by atoms with van der Waals surface area (Å²) >= 11 is 1.61. The molecule has 0 saturated heterocycles. The van der Waals surface area contributed by atoms with E-state index >= 15 is 0 Å². The maximum Gasteiger partial charge on any atom is 0.258 e. The van der Waals surface area contributed by atoms with Gasteiger partial charge in [-0.05, 0) is 77.4 Å². The van der Waals surface area contributed by atoms with E-state index in [1.54, 1.807) is 23.3 Å². The molecule has 5 heteroatoms. The quantitative estimate of drug-likeness (QED) is 0.369. The third kappa shape index (κ3) is 4.27. The number of anilines is 2. The van der Waals surface area contributed by atoms with Crippen molar-refractivity contribution in [2.45, 2.75) is 26.3 Å². The Hall–Kier alpha value is -3.70. The Balaban J connectivity index is 1.39. The average molecular weight is 467 g/mol. The molecule has 0 aliphatic carbocycles. The summed E-state index contributed by atoms with van der Waals surface area (Å²) in [6, 6.07) is 25.8. The molecule has 170 valence electrons. The number of thiophene rings is 1. The summed E-state index contributed by atoms with van der Waals surface area (Å²) in [5.74, 6) is -0.0124. The molecule has 1 aliphatic heterocycles. The van der Waals surface area contributed by atoms with Crippen LogP contribution in [0, 0.1) is 6.92 Å². The van der Waals surface area contributed by atoms with Crippen molar-refractivity contribution in [3.63, 3.8) is 0 Å². The van der Waals surface area contributed by atoms with Gasteiger partial charge in [-0.3, -0.25) is 9.59 Å². The number of hydrogen-bond donors (Lipinski definition) is 0. The van der Waals surface area contributed by atoms with Crippen LogP contribution >= 0.6 is 11.3 Å². The second kappa shape index (κ2) is 9.27. The molecule has 0 N–H and O–H groups in total. The van der Waals surface area contributed by atoms with Gasteiger partial charge < -0.3 is 9.80 Å². The molecule has 0 atom stereocenters. The van der Waals surface area contributed by atoms with Gasteiger partial charge in [-0.25, -0.2) is 0 Å². The molecule has 2 heterocycles. The molecule has 0 bridgehead atoms. The predicted molar refractivity (Wildman–Crippen MR) is 139 cm³/mol. The van der Waals surface area contributed by atoms with Gasteiger partial charge in [0.2, 0.25) is 5.91 Å². The number of carbonyl (C=O) groups is 2. The van der Waals surface area contributed by atoms with Gasteiger partial charge in [0.1, 0.15) is 0 Å². The largest absolute Gasteiger partial charge is 0.315 e. The molecule has 1 aromatic heterocycles. The van der Waals surface area contributed by atoms with E-state index in [0.717, 1.165) is 39.4 Å². The number of amides is 2. The zero-order chi connectivity index (χ0) is 23.7. The van der Waals surface area contributed by atoms with Crippen molar-refractivity contribution < 1.29 is 9.59 Å². The van der Waals surface area contributed by atoms with Crippen molar-refractivity contribution in [2.24, 2.45) is 0 Å². The topological polar surface area (TPSA) is 40.6 Å². The summed E-state index contributed by atoms with van der Waals surface area (Å²) in [5, 5.41) is 2.01. The zero-order valence-electron chi connectivity index (χ0n) is 19.3. The third-order valence-corrected chi connectivity index (χ3v) is 7.53. The van der Waals surface area contributed by atoms with Gasteiger partial charge in [0.05, 0.1) is 13.0 Å². The van der Waals surface area contributed by atoms with Crippen LogP contribution in [0.15, 0.2) is 84.2 Å². The van der Waals surface area contributed by atoms with Crippen LogP contribution in [-0.4, -0.2) is 18.9 Å². The molecular formula is C29H26N2O2S. The molecule has 3 aromatic carbocycles. The van der Waals surface area contributed by atoms with Crippen LogP contribution in [-0.2, 0) is 24.2 Å². The molecule has 4 aromatic rings. The minimum absolute atomic E-state index is 0.0303. The molecule has 34 heavy (non-hydrogen) atoms. The lowest BCUT2D eigenvalue weighted by Crippen LogP contribution is -2.31. The highest BCUT2D eigenvalue weighted by atomic mass is 32.1. The minimum atomic E-state index is -0.0427.